The second-order valence-corrected chi connectivity index (χ2v) is 5.69. The number of ether oxygens (including phenoxy) is 1. The molecule has 1 heterocycles. The van der Waals surface area contributed by atoms with E-state index < -0.39 is 0 Å². The van der Waals surface area contributed by atoms with Gasteiger partial charge in [0.2, 0.25) is 0 Å². The largest absolute Gasteiger partial charge is 0.497 e. The highest BCUT2D eigenvalue weighted by Gasteiger charge is 2.18. The van der Waals surface area contributed by atoms with Crippen LogP contribution in [0.15, 0.2) is 53.5 Å². The number of fused-ring (bicyclic) bond motifs is 1. The van der Waals surface area contributed by atoms with Gasteiger partial charge in [0.05, 0.1) is 7.11 Å². The number of hydrogen-bond donors (Lipinski definition) is 1. The minimum atomic E-state index is 0.759. The van der Waals surface area contributed by atoms with Crippen molar-refractivity contribution >= 4 is 5.96 Å². The van der Waals surface area contributed by atoms with Gasteiger partial charge in [0.1, 0.15) is 5.75 Å². The lowest BCUT2D eigenvalue weighted by Crippen LogP contribution is -2.43. The molecule has 1 aliphatic heterocycles. The molecule has 2 aromatic rings. The highest BCUT2D eigenvalue weighted by atomic mass is 16.5. The molecule has 1 N–H and O–H groups in total. The number of hydrogen-bond acceptors (Lipinski definition) is 2. The molecule has 0 saturated heterocycles. The summed E-state index contributed by atoms with van der Waals surface area (Å²) in [4.78, 5) is 6.75. The summed E-state index contributed by atoms with van der Waals surface area (Å²) in [5, 5.41) is 3.46. The van der Waals surface area contributed by atoms with Crippen LogP contribution in [0, 0.1) is 0 Å². The Morgan fingerprint density at radius 1 is 1.13 bits per heavy atom. The topological polar surface area (TPSA) is 36.9 Å². The van der Waals surface area contributed by atoms with E-state index in [0.717, 1.165) is 37.8 Å². The molecular formula is C19H23N3O. The predicted molar refractivity (Wildman–Crippen MR) is 93.7 cm³/mol. The maximum atomic E-state index is 5.19. The van der Waals surface area contributed by atoms with Crippen molar-refractivity contribution in [2.75, 3.05) is 20.7 Å². The van der Waals surface area contributed by atoms with Crippen LogP contribution in [-0.4, -0.2) is 31.6 Å². The lowest BCUT2D eigenvalue weighted by Gasteiger charge is -2.31. The van der Waals surface area contributed by atoms with Gasteiger partial charge in [0.25, 0.3) is 0 Å². The second kappa shape index (κ2) is 7.18. The van der Waals surface area contributed by atoms with Crippen molar-refractivity contribution in [1.29, 1.82) is 0 Å². The van der Waals surface area contributed by atoms with Gasteiger partial charge in [-0.2, -0.15) is 0 Å². The van der Waals surface area contributed by atoms with E-state index in [1.807, 2.05) is 19.2 Å². The van der Waals surface area contributed by atoms with Crippen molar-refractivity contribution in [1.82, 2.24) is 10.2 Å². The molecule has 0 saturated carbocycles. The molecule has 0 unspecified atom stereocenters. The molecular weight excluding hydrogens is 286 g/mol. The van der Waals surface area contributed by atoms with E-state index in [2.05, 4.69) is 51.6 Å². The van der Waals surface area contributed by atoms with E-state index in [9.17, 15) is 0 Å². The first-order valence-corrected chi connectivity index (χ1v) is 7.95. The van der Waals surface area contributed by atoms with Crippen LogP contribution >= 0.6 is 0 Å². The molecule has 0 bridgehead atoms. The lowest BCUT2D eigenvalue weighted by atomic mass is 10.0. The number of aliphatic imine (C=N–C) groups is 1. The van der Waals surface area contributed by atoms with Crippen molar-refractivity contribution in [3.63, 3.8) is 0 Å². The standard InChI is InChI=1S/C19H23N3O/c1-20-19(21-13-15-7-9-18(23-2)10-8-15)22-12-11-16-5-3-4-6-17(16)14-22/h3-10H,11-14H2,1-2H3,(H,20,21). The van der Waals surface area contributed by atoms with Crippen LogP contribution in [0.3, 0.4) is 0 Å². The first-order valence-electron chi connectivity index (χ1n) is 7.95. The summed E-state index contributed by atoms with van der Waals surface area (Å²) in [5.74, 6) is 1.83. The van der Waals surface area contributed by atoms with Crippen molar-refractivity contribution in [2.24, 2.45) is 4.99 Å². The van der Waals surface area contributed by atoms with Gasteiger partial charge in [-0.05, 0) is 35.2 Å². The second-order valence-electron chi connectivity index (χ2n) is 5.69. The maximum Gasteiger partial charge on any atom is 0.194 e. The third-order valence-corrected chi connectivity index (χ3v) is 4.25. The van der Waals surface area contributed by atoms with Gasteiger partial charge in [-0.1, -0.05) is 36.4 Å². The minimum absolute atomic E-state index is 0.759. The Morgan fingerprint density at radius 3 is 2.57 bits per heavy atom. The Morgan fingerprint density at radius 2 is 1.87 bits per heavy atom. The third kappa shape index (κ3) is 3.65. The van der Waals surface area contributed by atoms with Crippen LogP contribution in [0.2, 0.25) is 0 Å². The zero-order valence-corrected chi connectivity index (χ0v) is 13.7. The molecule has 0 aliphatic carbocycles. The van der Waals surface area contributed by atoms with Gasteiger partial charge < -0.3 is 15.0 Å². The van der Waals surface area contributed by atoms with Gasteiger partial charge in [-0.3, -0.25) is 4.99 Å². The van der Waals surface area contributed by atoms with E-state index in [1.165, 1.54) is 16.7 Å². The SMILES string of the molecule is CN=C(NCc1ccc(OC)cc1)N1CCc2ccccc2C1. The monoisotopic (exact) mass is 309 g/mol. The van der Waals surface area contributed by atoms with Crippen LogP contribution in [0.1, 0.15) is 16.7 Å². The molecule has 0 spiro atoms. The van der Waals surface area contributed by atoms with Crippen molar-refractivity contribution in [2.45, 2.75) is 19.5 Å². The minimum Gasteiger partial charge on any atom is -0.497 e. The molecule has 120 valence electrons. The van der Waals surface area contributed by atoms with Gasteiger partial charge >= 0.3 is 0 Å². The Hall–Kier alpha value is -2.49. The zero-order chi connectivity index (χ0) is 16.1. The molecule has 2 aromatic carbocycles. The third-order valence-electron chi connectivity index (χ3n) is 4.25. The Kier molecular flexibility index (Phi) is 4.81. The molecule has 4 heteroatoms. The quantitative estimate of drug-likeness (QED) is 0.700. The summed E-state index contributed by atoms with van der Waals surface area (Å²) < 4.78 is 5.19. The normalized spacial score (nSPS) is 14.3. The fourth-order valence-electron chi connectivity index (χ4n) is 2.93. The summed E-state index contributed by atoms with van der Waals surface area (Å²) in [5.41, 5.74) is 4.06. The highest BCUT2D eigenvalue weighted by molar-refractivity contribution is 5.80. The predicted octanol–water partition coefficient (Wildman–Crippen LogP) is 2.83. The highest BCUT2D eigenvalue weighted by Crippen LogP contribution is 2.18. The van der Waals surface area contributed by atoms with Crippen molar-refractivity contribution < 1.29 is 4.74 Å². The number of nitrogens with one attached hydrogen (secondary N) is 1. The average Bonchev–Trinajstić information content (AvgIpc) is 2.62. The molecule has 0 fully saturated rings. The number of nitrogens with zero attached hydrogens (tertiary/aromatic N) is 2. The summed E-state index contributed by atoms with van der Waals surface area (Å²) in [6.07, 6.45) is 1.07. The van der Waals surface area contributed by atoms with Crippen LogP contribution < -0.4 is 10.1 Å². The van der Waals surface area contributed by atoms with Gasteiger partial charge in [-0.15, -0.1) is 0 Å². The first-order chi connectivity index (χ1) is 11.3. The van der Waals surface area contributed by atoms with E-state index in [1.54, 1.807) is 7.11 Å². The number of rotatable bonds is 3. The number of methoxy groups -OCH3 is 1. The molecule has 0 radical (unpaired) electrons. The van der Waals surface area contributed by atoms with Crippen LogP contribution in [0.25, 0.3) is 0 Å². The summed E-state index contributed by atoms with van der Waals surface area (Å²) in [6, 6.07) is 16.8. The summed E-state index contributed by atoms with van der Waals surface area (Å²) in [7, 11) is 3.53. The molecule has 0 aromatic heterocycles. The maximum absolute atomic E-state index is 5.19. The lowest BCUT2D eigenvalue weighted by molar-refractivity contribution is 0.378. The van der Waals surface area contributed by atoms with E-state index in [4.69, 9.17) is 4.74 Å². The number of benzene rings is 2. The van der Waals surface area contributed by atoms with E-state index in [0.29, 0.717) is 0 Å². The fourth-order valence-corrected chi connectivity index (χ4v) is 2.93. The Labute approximate surface area is 137 Å². The van der Waals surface area contributed by atoms with Crippen molar-refractivity contribution in [3.05, 3.63) is 65.2 Å². The summed E-state index contributed by atoms with van der Waals surface area (Å²) in [6.45, 7) is 2.67. The van der Waals surface area contributed by atoms with Crippen LogP contribution in [0.5, 0.6) is 5.75 Å². The van der Waals surface area contributed by atoms with E-state index in [-0.39, 0.29) is 0 Å². The molecule has 3 rings (SSSR count). The van der Waals surface area contributed by atoms with Crippen molar-refractivity contribution in [3.8, 4) is 5.75 Å². The molecule has 23 heavy (non-hydrogen) atoms. The average molecular weight is 309 g/mol. The summed E-state index contributed by atoms with van der Waals surface area (Å²) >= 11 is 0. The van der Waals surface area contributed by atoms with Gasteiger partial charge in [0.15, 0.2) is 5.96 Å². The van der Waals surface area contributed by atoms with Crippen LogP contribution in [0.4, 0.5) is 0 Å². The number of guanidine groups is 1. The zero-order valence-electron chi connectivity index (χ0n) is 13.7. The molecule has 0 amide bonds. The molecule has 1 aliphatic rings. The Bertz CT molecular complexity index is 679. The Balaban J connectivity index is 1.62. The van der Waals surface area contributed by atoms with E-state index >= 15 is 0 Å². The fraction of sp³-hybridized carbons (Fsp3) is 0.316. The smallest absolute Gasteiger partial charge is 0.194 e. The van der Waals surface area contributed by atoms with Crippen LogP contribution in [-0.2, 0) is 19.5 Å². The van der Waals surface area contributed by atoms with Gasteiger partial charge in [-0.25, -0.2) is 0 Å². The first kappa shape index (κ1) is 15.4. The molecule has 0 atom stereocenters. The van der Waals surface area contributed by atoms with Gasteiger partial charge in [0, 0.05) is 26.7 Å². The molecule has 4 nitrogen and oxygen atoms in total.